The van der Waals surface area contributed by atoms with Crippen LogP contribution in [0.5, 0.6) is 0 Å². The fourth-order valence-corrected chi connectivity index (χ4v) is 4.52. The van der Waals surface area contributed by atoms with Gasteiger partial charge < -0.3 is 18.9 Å². The molecule has 0 aliphatic carbocycles. The van der Waals surface area contributed by atoms with Crippen LogP contribution in [-0.4, -0.2) is 89.6 Å². The lowest BCUT2D eigenvalue weighted by Crippen LogP contribution is -2.51. The first-order valence-electron chi connectivity index (χ1n) is 9.16. The number of methoxy groups -OCH3 is 1. The third kappa shape index (κ3) is 3.18. The van der Waals surface area contributed by atoms with E-state index in [9.17, 15) is 4.79 Å². The van der Waals surface area contributed by atoms with E-state index in [0.29, 0.717) is 25.2 Å². The number of ether oxygens (including phenoxy) is 2. The zero-order valence-corrected chi connectivity index (χ0v) is 14.8. The molecule has 0 aromatic carbocycles. The average Bonchev–Trinajstić information content (AvgIpc) is 3.35. The highest BCUT2D eigenvalue weighted by Gasteiger charge is 2.56. The second-order valence-corrected chi connectivity index (χ2v) is 7.53. The van der Waals surface area contributed by atoms with E-state index in [2.05, 4.69) is 15.1 Å². The average molecular weight is 349 g/mol. The van der Waals surface area contributed by atoms with Gasteiger partial charge in [0.1, 0.15) is 12.7 Å². The molecule has 4 rings (SSSR count). The van der Waals surface area contributed by atoms with Crippen LogP contribution in [0.2, 0.25) is 0 Å². The molecular formula is C17H27N5O3. The minimum Gasteiger partial charge on any atom is -0.381 e. The van der Waals surface area contributed by atoms with Crippen molar-refractivity contribution < 1.29 is 14.3 Å². The van der Waals surface area contributed by atoms with E-state index in [1.807, 2.05) is 9.47 Å². The third-order valence-electron chi connectivity index (χ3n) is 6.07. The summed E-state index contributed by atoms with van der Waals surface area (Å²) in [6.45, 7) is 6.34. The van der Waals surface area contributed by atoms with Gasteiger partial charge in [-0.1, -0.05) is 0 Å². The molecular weight excluding hydrogens is 322 g/mol. The van der Waals surface area contributed by atoms with Gasteiger partial charge in [0.05, 0.1) is 24.7 Å². The summed E-state index contributed by atoms with van der Waals surface area (Å²) >= 11 is 0. The number of likely N-dealkylation sites (tertiary alicyclic amines) is 2. The Morgan fingerprint density at radius 1 is 1.28 bits per heavy atom. The van der Waals surface area contributed by atoms with Crippen LogP contribution < -0.4 is 0 Å². The van der Waals surface area contributed by atoms with Crippen LogP contribution in [0.3, 0.4) is 0 Å². The molecule has 3 aliphatic heterocycles. The minimum absolute atomic E-state index is 0.288. The lowest BCUT2D eigenvalue weighted by molar-refractivity contribution is -0.145. The smallest absolute Gasteiger partial charge is 0.232 e. The summed E-state index contributed by atoms with van der Waals surface area (Å²) in [4.78, 5) is 17.8. The number of carbonyl (C=O) groups is 1. The number of piperidine rings is 1. The predicted octanol–water partition coefficient (Wildman–Crippen LogP) is -0.136. The van der Waals surface area contributed by atoms with E-state index in [4.69, 9.17) is 9.47 Å². The van der Waals surface area contributed by atoms with Crippen LogP contribution in [0, 0.1) is 11.3 Å². The van der Waals surface area contributed by atoms with Crippen LogP contribution in [0.15, 0.2) is 12.7 Å². The van der Waals surface area contributed by atoms with Crippen LogP contribution in [0.1, 0.15) is 12.8 Å². The Labute approximate surface area is 148 Å². The third-order valence-corrected chi connectivity index (χ3v) is 6.07. The van der Waals surface area contributed by atoms with Crippen LogP contribution >= 0.6 is 0 Å². The zero-order valence-electron chi connectivity index (χ0n) is 14.8. The summed E-state index contributed by atoms with van der Waals surface area (Å²) in [5.41, 5.74) is -0.354. The molecule has 1 aromatic heterocycles. The second-order valence-electron chi connectivity index (χ2n) is 7.53. The molecule has 8 heteroatoms. The van der Waals surface area contributed by atoms with E-state index in [1.165, 1.54) is 0 Å². The first kappa shape index (κ1) is 16.9. The molecule has 0 bridgehead atoms. The Bertz CT molecular complexity index is 587. The van der Waals surface area contributed by atoms with Gasteiger partial charge in [-0.05, 0) is 12.8 Å². The lowest BCUT2D eigenvalue weighted by Gasteiger charge is -2.37. The van der Waals surface area contributed by atoms with Gasteiger partial charge in [0.25, 0.3) is 0 Å². The largest absolute Gasteiger partial charge is 0.381 e. The molecule has 3 aliphatic rings. The normalized spacial score (nSPS) is 30.8. The quantitative estimate of drug-likeness (QED) is 0.737. The highest BCUT2D eigenvalue weighted by atomic mass is 16.5. The highest BCUT2D eigenvalue weighted by Crippen LogP contribution is 2.43. The fourth-order valence-electron chi connectivity index (χ4n) is 4.52. The van der Waals surface area contributed by atoms with Crippen molar-refractivity contribution in [2.45, 2.75) is 25.5 Å². The summed E-state index contributed by atoms with van der Waals surface area (Å²) in [7, 11) is 1.76. The van der Waals surface area contributed by atoms with Gasteiger partial charge in [-0.15, -0.1) is 10.2 Å². The van der Waals surface area contributed by atoms with Gasteiger partial charge in [0, 0.05) is 52.3 Å². The Morgan fingerprint density at radius 2 is 2.04 bits per heavy atom. The van der Waals surface area contributed by atoms with Crippen molar-refractivity contribution in [2.24, 2.45) is 11.3 Å². The molecule has 3 saturated heterocycles. The maximum absolute atomic E-state index is 13.3. The first-order chi connectivity index (χ1) is 12.2. The fraction of sp³-hybridized carbons (Fsp3) is 0.824. The number of amides is 1. The molecule has 0 unspecified atom stereocenters. The van der Waals surface area contributed by atoms with Crippen molar-refractivity contribution in [1.82, 2.24) is 24.6 Å². The lowest BCUT2D eigenvalue weighted by atomic mass is 9.79. The summed E-state index contributed by atoms with van der Waals surface area (Å²) in [6, 6.07) is 0. The Hall–Kier alpha value is -1.51. The van der Waals surface area contributed by atoms with E-state index in [-0.39, 0.29) is 11.3 Å². The van der Waals surface area contributed by atoms with E-state index in [0.717, 1.165) is 52.1 Å². The minimum atomic E-state index is -0.354. The molecule has 0 radical (unpaired) electrons. The monoisotopic (exact) mass is 349 g/mol. The van der Waals surface area contributed by atoms with Gasteiger partial charge in [0.15, 0.2) is 0 Å². The van der Waals surface area contributed by atoms with Crippen LogP contribution in [0.4, 0.5) is 0 Å². The number of fused-ring (bicyclic) bond motifs is 1. The number of hydrogen-bond donors (Lipinski definition) is 0. The molecule has 138 valence electrons. The van der Waals surface area contributed by atoms with Gasteiger partial charge >= 0.3 is 0 Å². The standard InChI is InChI=1S/C17H27N5O3/c1-24-15-2-4-22(5-3-15)16(23)17-10-20(8-14(17)9-25-11-17)6-7-21-12-18-19-13-21/h12-15H,2-11H2,1H3/t14-,17-/m1/s1. The molecule has 0 saturated carbocycles. The number of hydrogen-bond acceptors (Lipinski definition) is 6. The van der Waals surface area contributed by atoms with E-state index in [1.54, 1.807) is 19.8 Å². The predicted molar refractivity (Wildman–Crippen MR) is 89.8 cm³/mol. The highest BCUT2D eigenvalue weighted by molar-refractivity contribution is 5.84. The molecule has 3 fully saturated rings. The number of rotatable bonds is 5. The molecule has 0 spiro atoms. The van der Waals surface area contributed by atoms with Gasteiger partial charge in [-0.25, -0.2) is 0 Å². The Morgan fingerprint density at radius 3 is 2.76 bits per heavy atom. The van der Waals surface area contributed by atoms with Crippen molar-refractivity contribution >= 4 is 5.91 Å². The molecule has 1 amide bonds. The molecule has 8 nitrogen and oxygen atoms in total. The topological polar surface area (TPSA) is 72.7 Å². The Balaban J connectivity index is 1.39. The van der Waals surface area contributed by atoms with Crippen LogP contribution in [-0.2, 0) is 20.8 Å². The summed E-state index contributed by atoms with van der Waals surface area (Å²) in [6.07, 6.45) is 5.63. The summed E-state index contributed by atoms with van der Waals surface area (Å²) in [5, 5.41) is 7.69. The van der Waals surface area contributed by atoms with Gasteiger partial charge in [-0.3, -0.25) is 9.69 Å². The van der Waals surface area contributed by atoms with E-state index >= 15 is 0 Å². The maximum atomic E-state index is 13.3. The molecule has 0 N–H and O–H groups in total. The van der Waals surface area contributed by atoms with Crippen molar-refractivity contribution in [2.75, 3.05) is 53.0 Å². The summed E-state index contributed by atoms with van der Waals surface area (Å²) in [5.74, 6) is 0.595. The van der Waals surface area contributed by atoms with Gasteiger partial charge in [0.2, 0.25) is 5.91 Å². The SMILES string of the molecule is COC1CCN(C(=O)[C@]23COC[C@H]2CN(CCn2cnnc2)C3)CC1. The zero-order chi connectivity index (χ0) is 17.3. The Kier molecular flexibility index (Phi) is 4.75. The first-order valence-corrected chi connectivity index (χ1v) is 9.16. The number of aromatic nitrogens is 3. The molecule has 1 aromatic rings. The van der Waals surface area contributed by atoms with E-state index < -0.39 is 0 Å². The molecule has 4 heterocycles. The number of nitrogens with zero attached hydrogens (tertiary/aromatic N) is 5. The van der Waals surface area contributed by atoms with Crippen molar-refractivity contribution in [3.63, 3.8) is 0 Å². The molecule has 2 atom stereocenters. The number of carbonyl (C=O) groups excluding carboxylic acids is 1. The van der Waals surface area contributed by atoms with Gasteiger partial charge in [-0.2, -0.15) is 0 Å². The van der Waals surface area contributed by atoms with Crippen molar-refractivity contribution in [3.05, 3.63) is 12.7 Å². The second kappa shape index (κ2) is 7.01. The summed E-state index contributed by atoms with van der Waals surface area (Å²) < 4.78 is 13.2. The van der Waals surface area contributed by atoms with Crippen molar-refractivity contribution in [1.29, 1.82) is 0 Å². The van der Waals surface area contributed by atoms with Crippen molar-refractivity contribution in [3.8, 4) is 0 Å². The molecule has 25 heavy (non-hydrogen) atoms. The maximum Gasteiger partial charge on any atom is 0.232 e. The van der Waals surface area contributed by atoms with Crippen LogP contribution in [0.25, 0.3) is 0 Å².